The molecule has 0 spiro atoms. The average molecular weight is 242 g/mol. The van der Waals surface area contributed by atoms with Crippen molar-refractivity contribution in [2.75, 3.05) is 26.7 Å². The second kappa shape index (κ2) is 6.36. The minimum absolute atomic E-state index is 0.170. The van der Waals surface area contributed by atoms with Crippen LogP contribution in [0.2, 0.25) is 0 Å². The molecule has 0 radical (unpaired) electrons. The van der Waals surface area contributed by atoms with Crippen LogP contribution in [-0.2, 0) is 9.53 Å². The van der Waals surface area contributed by atoms with Gasteiger partial charge in [-0.25, -0.2) is 0 Å². The number of nitrogens with two attached hydrogens (primary N) is 1. The zero-order valence-electron chi connectivity index (χ0n) is 11.4. The van der Waals surface area contributed by atoms with Gasteiger partial charge in [-0.15, -0.1) is 0 Å². The fourth-order valence-corrected chi connectivity index (χ4v) is 2.27. The van der Waals surface area contributed by atoms with Gasteiger partial charge in [0.1, 0.15) is 0 Å². The van der Waals surface area contributed by atoms with Crippen molar-refractivity contribution < 1.29 is 9.53 Å². The third kappa shape index (κ3) is 3.68. The van der Waals surface area contributed by atoms with Gasteiger partial charge in [0.15, 0.2) is 0 Å². The third-order valence-corrected chi connectivity index (χ3v) is 3.84. The molecule has 17 heavy (non-hydrogen) atoms. The quantitative estimate of drug-likeness (QED) is 0.734. The Balaban J connectivity index is 2.48. The molecule has 2 N–H and O–H groups in total. The first-order valence-electron chi connectivity index (χ1n) is 6.60. The average Bonchev–Trinajstić information content (AvgIpc) is 2.29. The highest BCUT2D eigenvalue weighted by Crippen LogP contribution is 2.38. The molecule has 0 bridgehead atoms. The molecule has 0 aromatic rings. The summed E-state index contributed by atoms with van der Waals surface area (Å²) < 4.78 is 5.50. The zero-order chi connectivity index (χ0) is 12.9. The highest BCUT2D eigenvalue weighted by molar-refractivity contribution is 5.77. The molecular weight excluding hydrogens is 216 g/mol. The first-order chi connectivity index (χ1) is 8.06. The van der Waals surface area contributed by atoms with E-state index in [0.29, 0.717) is 18.9 Å². The van der Waals surface area contributed by atoms with Crippen LogP contribution >= 0.6 is 0 Å². The van der Waals surface area contributed by atoms with E-state index in [-0.39, 0.29) is 11.5 Å². The molecule has 0 heterocycles. The van der Waals surface area contributed by atoms with Gasteiger partial charge in [-0.1, -0.05) is 6.92 Å². The molecular formula is C13H26N2O2. The van der Waals surface area contributed by atoms with Crippen LogP contribution in [0.15, 0.2) is 0 Å². The Morgan fingerprint density at radius 1 is 1.53 bits per heavy atom. The monoisotopic (exact) mass is 242 g/mol. The van der Waals surface area contributed by atoms with Crippen molar-refractivity contribution >= 4 is 5.91 Å². The molecule has 1 rings (SSSR count). The van der Waals surface area contributed by atoms with E-state index in [1.54, 1.807) is 7.11 Å². The van der Waals surface area contributed by atoms with Crippen molar-refractivity contribution in [1.82, 2.24) is 4.90 Å². The summed E-state index contributed by atoms with van der Waals surface area (Å²) in [7, 11) is 1.71. The Morgan fingerprint density at radius 3 is 2.53 bits per heavy atom. The first-order valence-corrected chi connectivity index (χ1v) is 6.60. The fraction of sp³-hybridized carbons (Fsp3) is 0.923. The summed E-state index contributed by atoms with van der Waals surface area (Å²) in [6.07, 6.45) is 3.72. The Labute approximate surface area is 104 Å². The normalized spacial score (nSPS) is 19.5. The zero-order valence-corrected chi connectivity index (χ0v) is 11.4. The van der Waals surface area contributed by atoms with Gasteiger partial charge in [0, 0.05) is 20.2 Å². The molecule has 4 nitrogen and oxygen atoms in total. The van der Waals surface area contributed by atoms with E-state index in [4.69, 9.17) is 10.5 Å². The number of methoxy groups -OCH3 is 1. The number of hydrogen-bond acceptors (Lipinski definition) is 3. The highest BCUT2D eigenvalue weighted by atomic mass is 16.5. The van der Waals surface area contributed by atoms with Crippen LogP contribution in [0.4, 0.5) is 0 Å². The Kier molecular flexibility index (Phi) is 5.40. The molecule has 1 atom stereocenters. The molecule has 1 unspecified atom stereocenters. The second-order valence-corrected chi connectivity index (χ2v) is 5.19. The van der Waals surface area contributed by atoms with Crippen LogP contribution in [0, 0.1) is 5.92 Å². The highest BCUT2D eigenvalue weighted by Gasteiger charge is 2.39. The van der Waals surface area contributed by atoms with Gasteiger partial charge in [-0.3, -0.25) is 4.79 Å². The van der Waals surface area contributed by atoms with Crippen molar-refractivity contribution in [3.63, 3.8) is 0 Å². The lowest BCUT2D eigenvalue weighted by Gasteiger charge is -2.41. The maximum absolute atomic E-state index is 12.2. The second-order valence-electron chi connectivity index (χ2n) is 5.19. The number of nitrogens with zero attached hydrogens (tertiary/aromatic N) is 1. The lowest BCUT2D eigenvalue weighted by atomic mass is 9.77. The Hall–Kier alpha value is -0.610. The lowest BCUT2D eigenvalue weighted by Crippen LogP contribution is -2.46. The minimum atomic E-state index is -0.170. The van der Waals surface area contributed by atoms with Crippen LogP contribution in [0.3, 0.4) is 0 Å². The van der Waals surface area contributed by atoms with E-state index in [2.05, 4.69) is 6.92 Å². The fourth-order valence-electron chi connectivity index (χ4n) is 2.27. The summed E-state index contributed by atoms with van der Waals surface area (Å²) in [5, 5.41) is 0. The van der Waals surface area contributed by atoms with E-state index >= 15 is 0 Å². The summed E-state index contributed by atoms with van der Waals surface area (Å²) in [4.78, 5) is 14.1. The number of carbonyl (C=O) groups is 1. The van der Waals surface area contributed by atoms with E-state index in [1.807, 2.05) is 11.8 Å². The maximum atomic E-state index is 12.2. The molecule has 0 saturated heterocycles. The largest absolute Gasteiger partial charge is 0.378 e. The Morgan fingerprint density at radius 2 is 2.18 bits per heavy atom. The van der Waals surface area contributed by atoms with E-state index in [1.165, 1.54) is 6.42 Å². The van der Waals surface area contributed by atoms with Gasteiger partial charge >= 0.3 is 0 Å². The molecule has 1 saturated carbocycles. The molecule has 100 valence electrons. The van der Waals surface area contributed by atoms with Crippen molar-refractivity contribution in [3.05, 3.63) is 0 Å². The van der Waals surface area contributed by atoms with Gasteiger partial charge in [0.25, 0.3) is 0 Å². The van der Waals surface area contributed by atoms with Crippen molar-refractivity contribution in [3.8, 4) is 0 Å². The lowest BCUT2D eigenvalue weighted by molar-refractivity contribution is -0.144. The van der Waals surface area contributed by atoms with E-state index < -0.39 is 0 Å². The minimum Gasteiger partial charge on any atom is -0.378 e. The van der Waals surface area contributed by atoms with E-state index in [9.17, 15) is 4.79 Å². The smallest absolute Gasteiger partial charge is 0.225 e. The molecule has 4 heteroatoms. The molecule has 0 aliphatic heterocycles. The summed E-state index contributed by atoms with van der Waals surface area (Å²) in [5.74, 6) is 0.563. The molecule has 1 fully saturated rings. The Bertz CT molecular complexity index is 246. The van der Waals surface area contributed by atoms with Crippen molar-refractivity contribution in [2.45, 2.75) is 45.1 Å². The van der Waals surface area contributed by atoms with Gasteiger partial charge < -0.3 is 15.4 Å². The predicted octanol–water partition coefficient (Wildman–Crippen LogP) is 1.39. The van der Waals surface area contributed by atoms with Crippen LogP contribution < -0.4 is 5.73 Å². The predicted molar refractivity (Wildman–Crippen MR) is 68.7 cm³/mol. The first kappa shape index (κ1) is 14.5. The molecule has 0 aromatic heterocycles. The van der Waals surface area contributed by atoms with Gasteiger partial charge in [0.2, 0.25) is 5.91 Å². The molecule has 1 amide bonds. The summed E-state index contributed by atoms with van der Waals surface area (Å²) in [6.45, 7) is 6.22. The molecule has 1 aliphatic rings. The summed E-state index contributed by atoms with van der Waals surface area (Å²) >= 11 is 0. The topological polar surface area (TPSA) is 55.6 Å². The molecule has 1 aliphatic carbocycles. The standard InChI is InChI=1S/C13H26N2O2/c1-4-15(10-11(2)9-14)12(16)8-13(17-3)6-5-7-13/h11H,4-10,14H2,1-3H3. The van der Waals surface area contributed by atoms with Crippen LogP contribution in [0.5, 0.6) is 0 Å². The third-order valence-electron chi connectivity index (χ3n) is 3.84. The number of ether oxygens (including phenoxy) is 1. The number of hydrogen-bond donors (Lipinski definition) is 1. The van der Waals surface area contributed by atoms with Gasteiger partial charge in [-0.2, -0.15) is 0 Å². The number of amides is 1. The summed E-state index contributed by atoms with van der Waals surface area (Å²) in [6, 6.07) is 0. The van der Waals surface area contributed by atoms with Gasteiger partial charge in [0.05, 0.1) is 12.0 Å². The molecule has 0 aromatic carbocycles. The van der Waals surface area contributed by atoms with Crippen LogP contribution in [0.25, 0.3) is 0 Å². The number of carbonyl (C=O) groups excluding carboxylic acids is 1. The number of rotatable bonds is 7. The maximum Gasteiger partial charge on any atom is 0.225 e. The van der Waals surface area contributed by atoms with Gasteiger partial charge in [-0.05, 0) is 38.6 Å². The van der Waals surface area contributed by atoms with Crippen LogP contribution in [0.1, 0.15) is 39.5 Å². The van der Waals surface area contributed by atoms with E-state index in [0.717, 1.165) is 25.9 Å². The summed E-state index contributed by atoms with van der Waals surface area (Å²) in [5.41, 5.74) is 5.43. The van der Waals surface area contributed by atoms with Crippen molar-refractivity contribution in [1.29, 1.82) is 0 Å². The van der Waals surface area contributed by atoms with Crippen LogP contribution in [-0.4, -0.2) is 43.2 Å². The SMILES string of the molecule is CCN(CC(C)CN)C(=O)CC1(OC)CCC1. The van der Waals surface area contributed by atoms with Crippen molar-refractivity contribution in [2.24, 2.45) is 11.7 Å².